The summed E-state index contributed by atoms with van der Waals surface area (Å²) in [6.07, 6.45) is 4.67. The second kappa shape index (κ2) is 6.45. The van der Waals surface area contributed by atoms with Gasteiger partial charge in [-0.25, -0.2) is 8.42 Å². The zero-order valence-corrected chi connectivity index (χ0v) is 14.5. The van der Waals surface area contributed by atoms with Gasteiger partial charge in [-0.05, 0) is 43.0 Å². The van der Waals surface area contributed by atoms with Gasteiger partial charge in [-0.1, -0.05) is 19.1 Å². The van der Waals surface area contributed by atoms with Gasteiger partial charge in [0.1, 0.15) is 0 Å². The molecule has 1 saturated heterocycles. The molecule has 1 fully saturated rings. The van der Waals surface area contributed by atoms with Crippen molar-refractivity contribution < 1.29 is 8.42 Å². The van der Waals surface area contributed by atoms with E-state index >= 15 is 0 Å². The Bertz CT molecular complexity index is 765. The molecule has 1 aliphatic rings. The molecule has 2 aromatic rings. The topological polar surface area (TPSA) is 55.2 Å². The molecule has 1 aromatic carbocycles. The predicted octanol–water partition coefficient (Wildman–Crippen LogP) is 2.55. The lowest BCUT2D eigenvalue weighted by atomic mass is 9.96. The summed E-state index contributed by atoms with van der Waals surface area (Å²) in [6.45, 7) is 3.15. The van der Waals surface area contributed by atoms with Crippen molar-refractivity contribution >= 4 is 10.0 Å². The lowest BCUT2D eigenvalue weighted by Crippen LogP contribution is -2.39. The Hall–Kier alpha value is -1.66. The first-order valence-corrected chi connectivity index (χ1v) is 9.53. The third kappa shape index (κ3) is 3.33. The molecule has 0 bridgehead atoms. The van der Waals surface area contributed by atoms with E-state index in [1.807, 2.05) is 31.4 Å². The molecule has 23 heavy (non-hydrogen) atoms. The fourth-order valence-corrected chi connectivity index (χ4v) is 4.62. The number of aromatic nitrogens is 2. The van der Waals surface area contributed by atoms with Gasteiger partial charge in [0.05, 0.1) is 10.6 Å². The highest BCUT2D eigenvalue weighted by Crippen LogP contribution is 2.29. The molecule has 0 aliphatic carbocycles. The van der Waals surface area contributed by atoms with E-state index in [0.717, 1.165) is 30.5 Å². The molecule has 124 valence electrons. The maximum Gasteiger partial charge on any atom is 0.243 e. The van der Waals surface area contributed by atoms with Crippen molar-refractivity contribution in [2.75, 3.05) is 13.1 Å². The third-order valence-electron chi connectivity index (χ3n) is 4.51. The zero-order chi connectivity index (χ0) is 16.4. The number of benzene rings is 1. The lowest BCUT2D eigenvalue weighted by Gasteiger charge is -2.31. The molecular weight excluding hydrogens is 310 g/mol. The summed E-state index contributed by atoms with van der Waals surface area (Å²) in [5.41, 5.74) is 2.13. The van der Waals surface area contributed by atoms with Crippen molar-refractivity contribution in [3.05, 3.63) is 47.8 Å². The van der Waals surface area contributed by atoms with Crippen LogP contribution in [0.25, 0.3) is 0 Å². The molecule has 0 N–H and O–H groups in total. The van der Waals surface area contributed by atoms with E-state index in [1.165, 1.54) is 0 Å². The number of nitrogens with zero attached hydrogens (tertiary/aromatic N) is 3. The SMILES string of the molecule is CCc1ccc(S(=O)(=O)N2CCCC(c3ccn(C)n3)C2)cc1. The molecule has 1 unspecified atom stereocenters. The Labute approximate surface area is 138 Å². The molecule has 5 nitrogen and oxygen atoms in total. The highest BCUT2D eigenvalue weighted by atomic mass is 32.2. The van der Waals surface area contributed by atoms with Gasteiger partial charge in [-0.15, -0.1) is 0 Å². The van der Waals surface area contributed by atoms with Crippen molar-refractivity contribution in [2.45, 2.75) is 37.0 Å². The number of sulfonamides is 1. The summed E-state index contributed by atoms with van der Waals surface area (Å²) in [6, 6.07) is 9.22. The van der Waals surface area contributed by atoms with Gasteiger partial charge >= 0.3 is 0 Å². The molecule has 0 saturated carbocycles. The number of hydrogen-bond acceptors (Lipinski definition) is 3. The molecule has 1 aromatic heterocycles. The monoisotopic (exact) mass is 333 g/mol. The average molecular weight is 333 g/mol. The molecule has 6 heteroatoms. The number of hydrogen-bond donors (Lipinski definition) is 0. The van der Waals surface area contributed by atoms with Crippen molar-refractivity contribution in [3.8, 4) is 0 Å². The van der Waals surface area contributed by atoms with Crippen LogP contribution in [0.2, 0.25) is 0 Å². The first kappa shape index (κ1) is 16.2. The largest absolute Gasteiger partial charge is 0.276 e. The Morgan fingerprint density at radius 1 is 1.22 bits per heavy atom. The fourth-order valence-electron chi connectivity index (χ4n) is 3.10. The quantitative estimate of drug-likeness (QED) is 0.864. The summed E-state index contributed by atoms with van der Waals surface area (Å²) in [5.74, 6) is 0.176. The maximum absolute atomic E-state index is 12.9. The van der Waals surface area contributed by atoms with Gasteiger partial charge in [0.15, 0.2) is 0 Å². The number of rotatable bonds is 4. The number of piperidine rings is 1. The van der Waals surface area contributed by atoms with Gasteiger partial charge in [-0.3, -0.25) is 4.68 Å². The van der Waals surface area contributed by atoms with Crippen LogP contribution in [0.1, 0.15) is 36.9 Å². The molecule has 0 spiro atoms. The van der Waals surface area contributed by atoms with E-state index in [1.54, 1.807) is 21.1 Å². The molecule has 3 rings (SSSR count). The van der Waals surface area contributed by atoms with Gasteiger partial charge in [0.25, 0.3) is 0 Å². The minimum Gasteiger partial charge on any atom is -0.276 e. The minimum absolute atomic E-state index is 0.176. The smallest absolute Gasteiger partial charge is 0.243 e. The van der Waals surface area contributed by atoms with Crippen LogP contribution in [-0.2, 0) is 23.5 Å². The van der Waals surface area contributed by atoms with Gasteiger partial charge in [0.2, 0.25) is 10.0 Å². The predicted molar refractivity (Wildman–Crippen MR) is 89.8 cm³/mol. The zero-order valence-electron chi connectivity index (χ0n) is 13.6. The Kier molecular flexibility index (Phi) is 4.55. The van der Waals surface area contributed by atoms with Gasteiger partial charge in [-0.2, -0.15) is 9.40 Å². The molecule has 1 aliphatic heterocycles. The standard InChI is InChI=1S/C17H23N3O2S/c1-3-14-6-8-16(9-7-14)23(21,22)20-11-4-5-15(13-20)17-10-12-19(2)18-17/h6-10,12,15H,3-5,11,13H2,1-2H3. The Morgan fingerprint density at radius 3 is 2.57 bits per heavy atom. The van der Waals surface area contributed by atoms with E-state index in [0.29, 0.717) is 18.0 Å². The second-order valence-corrected chi connectivity index (χ2v) is 8.05. The molecule has 1 atom stereocenters. The van der Waals surface area contributed by atoms with Crippen LogP contribution in [0.5, 0.6) is 0 Å². The van der Waals surface area contributed by atoms with Crippen LogP contribution in [0, 0.1) is 0 Å². The molecule has 0 amide bonds. The van der Waals surface area contributed by atoms with E-state index in [2.05, 4.69) is 12.0 Å². The van der Waals surface area contributed by atoms with Crippen LogP contribution in [-0.4, -0.2) is 35.6 Å². The minimum atomic E-state index is -3.42. The molecule has 2 heterocycles. The van der Waals surface area contributed by atoms with Gasteiger partial charge in [0, 0.05) is 32.3 Å². The van der Waals surface area contributed by atoms with Crippen LogP contribution in [0.4, 0.5) is 0 Å². The fraction of sp³-hybridized carbons (Fsp3) is 0.471. The first-order chi connectivity index (χ1) is 11.0. The normalized spacial score (nSPS) is 19.8. The second-order valence-electron chi connectivity index (χ2n) is 6.11. The third-order valence-corrected chi connectivity index (χ3v) is 6.39. The van der Waals surface area contributed by atoms with Crippen molar-refractivity contribution in [2.24, 2.45) is 7.05 Å². The summed E-state index contributed by atoms with van der Waals surface area (Å²) < 4.78 is 29.1. The van der Waals surface area contributed by atoms with Crippen LogP contribution < -0.4 is 0 Å². The van der Waals surface area contributed by atoms with Crippen molar-refractivity contribution in [1.29, 1.82) is 0 Å². The van der Waals surface area contributed by atoms with E-state index in [4.69, 9.17) is 0 Å². The van der Waals surface area contributed by atoms with E-state index in [9.17, 15) is 8.42 Å². The summed E-state index contributed by atoms with van der Waals surface area (Å²) in [4.78, 5) is 0.386. The maximum atomic E-state index is 12.9. The molecule has 0 radical (unpaired) electrons. The van der Waals surface area contributed by atoms with E-state index in [-0.39, 0.29) is 5.92 Å². The van der Waals surface area contributed by atoms with Crippen molar-refractivity contribution in [3.63, 3.8) is 0 Å². The van der Waals surface area contributed by atoms with Gasteiger partial charge < -0.3 is 0 Å². The highest BCUT2D eigenvalue weighted by molar-refractivity contribution is 7.89. The van der Waals surface area contributed by atoms with Crippen LogP contribution >= 0.6 is 0 Å². The summed E-state index contributed by atoms with van der Waals surface area (Å²) in [7, 11) is -1.54. The summed E-state index contributed by atoms with van der Waals surface area (Å²) in [5, 5.41) is 4.44. The highest BCUT2D eigenvalue weighted by Gasteiger charge is 2.31. The van der Waals surface area contributed by atoms with E-state index < -0.39 is 10.0 Å². The van der Waals surface area contributed by atoms with Crippen LogP contribution in [0.15, 0.2) is 41.4 Å². The Morgan fingerprint density at radius 2 is 1.96 bits per heavy atom. The summed E-state index contributed by atoms with van der Waals surface area (Å²) >= 11 is 0. The Balaban J connectivity index is 1.81. The number of aryl methyl sites for hydroxylation is 2. The average Bonchev–Trinajstić information content (AvgIpc) is 3.01. The van der Waals surface area contributed by atoms with Crippen molar-refractivity contribution in [1.82, 2.24) is 14.1 Å². The first-order valence-electron chi connectivity index (χ1n) is 8.09. The molecular formula is C17H23N3O2S. The lowest BCUT2D eigenvalue weighted by molar-refractivity contribution is 0.312. The van der Waals surface area contributed by atoms with Crippen LogP contribution in [0.3, 0.4) is 0 Å².